The zero-order valence-electron chi connectivity index (χ0n) is 11.4. The quantitative estimate of drug-likeness (QED) is 0.312. The molecule has 8 heteroatoms. The number of urea groups is 1. The maximum atomic E-state index is 12.1. The lowest BCUT2D eigenvalue weighted by Crippen LogP contribution is -2.40. The van der Waals surface area contributed by atoms with Crippen molar-refractivity contribution in [2.75, 3.05) is 0 Å². The maximum Gasteiger partial charge on any atom is 0.325 e. The van der Waals surface area contributed by atoms with E-state index in [1.54, 1.807) is 20.8 Å². The number of carbonyl (C=O) groups is 3. The minimum atomic E-state index is -0.924. The number of amides is 4. The Morgan fingerprint density at radius 1 is 1.50 bits per heavy atom. The predicted octanol–water partition coefficient (Wildman–Crippen LogP) is 0.0219. The molecule has 2 rings (SSSR count). The van der Waals surface area contributed by atoms with Crippen LogP contribution in [0.2, 0.25) is 0 Å². The van der Waals surface area contributed by atoms with Gasteiger partial charge in [-0.3, -0.25) is 19.9 Å². The van der Waals surface area contributed by atoms with Gasteiger partial charge in [-0.25, -0.2) is 10.6 Å². The van der Waals surface area contributed by atoms with Crippen LogP contribution in [0.25, 0.3) is 0 Å². The lowest BCUT2D eigenvalue weighted by atomic mass is 10.1. The summed E-state index contributed by atoms with van der Waals surface area (Å²) >= 11 is 0. The second kappa shape index (κ2) is 4.64. The van der Waals surface area contributed by atoms with Crippen molar-refractivity contribution in [1.82, 2.24) is 15.6 Å². The Kier molecular flexibility index (Phi) is 3.26. The van der Waals surface area contributed by atoms with Gasteiger partial charge in [-0.05, 0) is 26.8 Å². The Balaban J connectivity index is 2.23. The van der Waals surface area contributed by atoms with Crippen LogP contribution in [0.3, 0.4) is 0 Å². The first-order valence-electron chi connectivity index (χ1n) is 6.00. The fourth-order valence-electron chi connectivity index (χ4n) is 1.99. The molecule has 0 radical (unpaired) electrons. The average Bonchev–Trinajstić information content (AvgIpc) is 2.82. The molecule has 0 spiro atoms. The lowest BCUT2D eigenvalue weighted by molar-refractivity contribution is -0.130. The van der Waals surface area contributed by atoms with Crippen molar-refractivity contribution < 1.29 is 18.8 Å². The largest absolute Gasteiger partial charge is 0.456 e. The number of hydrazine groups is 1. The molecule has 0 aliphatic carbocycles. The highest BCUT2D eigenvalue weighted by Gasteiger charge is 2.44. The molecule has 8 nitrogen and oxygen atoms in total. The summed E-state index contributed by atoms with van der Waals surface area (Å²) < 4.78 is 5.24. The predicted molar refractivity (Wildman–Crippen MR) is 68.3 cm³/mol. The van der Waals surface area contributed by atoms with E-state index in [1.165, 1.54) is 6.07 Å². The molecule has 0 atom stereocenters. The van der Waals surface area contributed by atoms with Gasteiger partial charge in [0, 0.05) is 5.56 Å². The molecule has 0 bridgehead atoms. The third kappa shape index (κ3) is 2.25. The van der Waals surface area contributed by atoms with Crippen molar-refractivity contribution in [1.29, 1.82) is 0 Å². The number of aryl methyl sites for hydroxylation is 1. The van der Waals surface area contributed by atoms with Crippen LogP contribution >= 0.6 is 0 Å². The third-order valence-corrected chi connectivity index (χ3v) is 3.15. The standard InChI is InChI=1S/C12H16N4O4/c1-6-7(4-8(20-6)9(17)15-13)5-16-10(18)12(2,3)14-11(16)19/h4H,5,13H2,1-3H3,(H,14,19)(H,15,17). The lowest BCUT2D eigenvalue weighted by Gasteiger charge is -2.15. The molecule has 4 N–H and O–H groups in total. The average molecular weight is 280 g/mol. The molecule has 108 valence electrons. The van der Waals surface area contributed by atoms with Crippen LogP contribution in [0, 0.1) is 6.92 Å². The molecule has 1 aromatic rings. The number of imide groups is 1. The van der Waals surface area contributed by atoms with E-state index in [2.05, 4.69) is 5.32 Å². The van der Waals surface area contributed by atoms with E-state index in [-0.39, 0.29) is 18.2 Å². The molecule has 0 saturated carbocycles. The topological polar surface area (TPSA) is 118 Å². The van der Waals surface area contributed by atoms with E-state index in [4.69, 9.17) is 10.3 Å². The Morgan fingerprint density at radius 3 is 2.65 bits per heavy atom. The summed E-state index contributed by atoms with van der Waals surface area (Å²) in [6, 6.07) is 0.995. The van der Waals surface area contributed by atoms with Gasteiger partial charge in [0.15, 0.2) is 5.76 Å². The van der Waals surface area contributed by atoms with Crippen molar-refractivity contribution in [2.45, 2.75) is 32.9 Å². The molecule has 0 unspecified atom stereocenters. The van der Waals surface area contributed by atoms with Crippen LogP contribution in [0.1, 0.15) is 35.7 Å². The second-order valence-corrected chi connectivity index (χ2v) is 5.11. The van der Waals surface area contributed by atoms with Crippen LogP contribution in [-0.2, 0) is 11.3 Å². The van der Waals surface area contributed by atoms with E-state index < -0.39 is 17.5 Å². The van der Waals surface area contributed by atoms with E-state index in [0.717, 1.165) is 4.90 Å². The molecule has 1 saturated heterocycles. The number of hydrogen-bond donors (Lipinski definition) is 3. The van der Waals surface area contributed by atoms with Crippen molar-refractivity contribution in [3.8, 4) is 0 Å². The Labute approximate surface area is 115 Å². The van der Waals surface area contributed by atoms with Gasteiger partial charge in [0.05, 0.1) is 6.54 Å². The van der Waals surface area contributed by atoms with E-state index in [0.29, 0.717) is 11.3 Å². The molecule has 0 aromatic carbocycles. The summed E-state index contributed by atoms with van der Waals surface area (Å²) in [5.41, 5.74) is 1.60. The maximum absolute atomic E-state index is 12.1. The summed E-state index contributed by atoms with van der Waals surface area (Å²) in [5, 5.41) is 2.58. The van der Waals surface area contributed by atoms with Crippen molar-refractivity contribution in [3.05, 3.63) is 23.2 Å². The van der Waals surface area contributed by atoms with E-state index in [1.807, 2.05) is 5.43 Å². The zero-order chi connectivity index (χ0) is 15.1. The Bertz CT molecular complexity index is 590. The fraction of sp³-hybridized carbons (Fsp3) is 0.417. The van der Waals surface area contributed by atoms with Gasteiger partial charge in [-0.2, -0.15) is 0 Å². The highest BCUT2D eigenvalue weighted by Crippen LogP contribution is 2.22. The van der Waals surface area contributed by atoms with Crippen molar-refractivity contribution in [2.24, 2.45) is 5.84 Å². The van der Waals surface area contributed by atoms with Crippen LogP contribution in [-0.4, -0.2) is 28.3 Å². The first kappa shape index (κ1) is 14.1. The summed E-state index contributed by atoms with van der Waals surface area (Å²) in [6.45, 7) is 4.94. The number of furan rings is 1. The normalized spacial score (nSPS) is 17.3. The van der Waals surface area contributed by atoms with Gasteiger partial charge in [0.25, 0.3) is 5.91 Å². The zero-order valence-corrected chi connectivity index (χ0v) is 11.4. The first-order valence-corrected chi connectivity index (χ1v) is 6.00. The molecule has 2 heterocycles. The van der Waals surface area contributed by atoms with E-state index in [9.17, 15) is 14.4 Å². The number of hydrogen-bond acceptors (Lipinski definition) is 5. The first-order chi connectivity index (χ1) is 9.26. The molecule has 20 heavy (non-hydrogen) atoms. The highest BCUT2D eigenvalue weighted by molar-refractivity contribution is 6.06. The van der Waals surface area contributed by atoms with Crippen LogP contribution in [0.5, 0.6) is 0 Å². The molecule has 1 aliphatic rings. The minimum absolute atomic E-state index is 0.0336. The second-order valence-electron chi connectivity index (χ2n) is 5.11. The third-order valence-electron chi connectivity index (χ3n) is 3.15. The highest BCUT2D eigenvalue weighted by atomic mass is 16.4. The number of nitrogens with one attached hydrogen (secondary N) is 2. The van der Waals surface area contributed by atoms with Crippen LogP contribution in [0.15, 0.2) is 10.5 Å². The van der Waals surface area contributed by atoms with Gasteiger partial charge < -0.3 is 9.73 Å². The van der Waals surface area contributed by atoms with Crippen LogP contribution < -0.4 is 16.6 Å². The van der Waals surface area contributed by atoms with Crippen molar-refractivity contribution in [3.63, 3.8) is 0 Å². The Hall–Kier alpha value is -2.35. The molecular weight excluding hydrogens is 264 g/mol. The molecule has 1 fully saturated rings. The summed E-state index contributed by atoms with van der Waals surface area (Å²) in [7, 11) is 0. The minimum Gasteiger partial charge on any atom is -0.456 e. The van der Waals surface area contributed by atoms with Gasteiger partial charge in [0.2, 0.25) is 0 Å². The molecule has 1 aliphatic heterocycles. The fourth-order valence-corrected chi connectivity index (χ4v) is 1.99. The summed E-state index contributed by atoms with van der Waals surface area (Å²) in [4.78, 5) is 36.3. The van der Waals surface area contributed by atoms with Crippen molar-refractivity contribution >= 4 is 17.8 Å². The van der Waals surface area contributed by atoms with Gasteiger partial charge in [-0.15, -0.1) is 0 Å². The summed E-state index contributed by atoms with van der Waals surface area (Å²) in [6.07, 6.45) is 0. The Morgan fingerprint density at radius 2 is 2.15 bits per heavy atom. The van der Waals surface area contributed by atoms with Gasteiger partial charge >= 0.3 is 11.9 Å². The van der Waals surface area contributed by atoms with Gasteiger partial charge in [0.1, 0.15) is 11.3 Å². The monoisotopic (exact) mass is 280 g/mol. The van der Waals surface area contributed by atoms with E-state index >= 15 is 0 Å². The number of nitrogen functional groups attached to an aromatic ring is 1. The molecular formula is C12H16N4O4. The SMILES string of the molecule is Cc1oc(C(=O)NN)cc1CN1C(=O)NC(C)(C)C1=O. The van der Waals surface area contributed by atoms with Crippen LogP contribution in [0.4, 0.5) is 4.79 Å². The summed E-state index contributed by atoms with van der Waals surface area (Å²) in [5.74, 6) is 4.61. The number of rotatable bonds is 3. The number of nitrogens with two attached hydrogens (primary N) is 1. The van der Waals surface area contributed by atoms with Gasteiger partial charge in [-0.1, -0.05) is 0 Å². The number of carbonyl (C=O) groups excluding carboxylic acids is 3. The smallest absolute Gasteiger partial charge is 0.325 e. The number of nitrogens with zero attached hydrogens (tertiary/aromatic N) is 1. The molecule has 1 aromatic heterocycles. The molecule has 4 amide bonds.